The summed E-state index contributed by atoms with van der Waals surface area (Å²) >= 11 is 6.69. The number of nitro benzene ring substituents is 1. The summed E-state index contributed by atoms with van der Waals surface area (Å²) in [4.78, 5) is 38.0. The van der Waals surface area contributed by atoms with Crippen LogP contribution in [0.3, 0.4) is 0 Å². The van der Waals surface area contributed by atoms with Gasteiger partial charge in [0.15, 0.2) is 5.13 Å². The minimum Gasteiger partial charge on any atom is -0.351 e. The molecule has 0 aliphatic carbocycles. The van der Waals surface area contributed by atoms with Crippen LogP contribution in [0.25, 0.3) is 0 Å². The molecule has 166 valence electrons. The number of amides is 2. The summed E-state index contributed by atoms with van der Waals surface area (Å²) in [5, 5.41) is 16.1. The van der Waals surface area contributed by atoms with Crippen LogP contribution in [0, 0.1) is 10.1 Å². The molecule has 0 aliphatic heterocycles. The van der Waals surface area contributed by atoms with Gasteiger partial charge in [-0.2, -0.15) is 0 Å². The molecule has 2 aromatic carbocycles. The molecule has 0 unspecified atom stereocenters. The number of sulfone groups is 1. The van der Waals surface area contributed by atoms with Gasteiger partial charge in [-0.25, -0.2) is 13.4 Å². The number of hydrogen-bond acceptors (Lipinski definition) is 8. The van der Waals surface area contributed by atoms with Crippen molar-refractivity contribution in [1.29, 1.82) is 0 Å². The number of carbonyl (C=O) groups is 2. The van der Waals surface area contributed by atoms with E-state index >= 15 is 0 Å². The average molecular weight is 495 g/mol. The maximum Gasteiger partial charge on any atom is 0.269 e. The van der Waals surface area contributed by atoms with Gasteiger partial charge >= 0.3 is 0 Å². The van der Waals surface area contributed by atoms with Crippen molar-refractivity contribution in [1.82, 2.24) is 10.3 Å². The zero-order valence-corrected chi connectivity index (χ0v) is 18.5. The summed E-state index contributed by atoms with van der Waals surface area (Å²) in [6, 6.07) is 10.9. The van der Waals surface area contributed by atoms with Crippen molar-refractivity contribution in [3.05, 3.63) is 75.4 Å². The van der Waals surface area contributed by atoms with Crippen LogP contribution in [0.1, 0.15) is 16.8 Å². The molecule has 1 aromatic heterocycles. The number of benzene rings is 2. The van der Waals surface area contributed by atoms with Gasteiger partial charge in [-0.3, -0.25) is 19.7 Å². The molecule has 13 heteroatoms. The summed E-state index contributed by atoms with van der Waals surface area (Å²) in [6.45, 7) is 0.0369. The molecule has 3 aromatic rings. The van der Waals surface area contributed by atoms with Gasteiger partial charge in [0.1, 0.15) is 4.21 Å². The van der Waals surface area contributed by atoms with E-state index in [0.29, 0.717) is 5.02 Å². The lowest BCUT2D eigenvalue weighted by molar-refractivity contribution is -0.384. The van der Waals surface area contributed by atoms with Crippen molar-refractivity contribution < 1.29 is 22.9 Å². The fraction of sp³-hybridized carbons (Fsp3) is 0.105. The Morgan fingerprint density at radius 2 is 1.81 bits per heavy atom. The Morgan fingerprint density at radius 3 is 2.47 bits per heavy atom. The number of anilines is 1. The molecule has 0 fully saturated rings. The highest BCUT2D eigenvalue weighted by molar-refractivity contribution is 7.93. The molecule has 0 bridgehead atoms. The Morgan fingerprint density at radius 1 is 1.12 bits per heavy atom. The fourth-order valence-electron chi connectivity index (χ4n) is 2.52. The van der Waals surface area contributed by atoms with Crippen LogP contribution in [-0.2, 0) is 14.6 Å². The molecular weight excluding hydrogens is 480 g/mol. The lowest BCUT2D eigenvalue weighted by Crippen LogP contribution is -2.27. The number of rotatable bonds is 8. The Labute approximate surface area is 191 Å². The van der Waals surface area contributed by atoms with E-state index in [2.05, 4.69) is 15.6 Å². The molecule has 0 aliphatic rings. The van der Waals surface area contributed by atoms with Crippen LogP contribution >= 0.6 is 22.9 Å². The number of nitrogens with zero attached hydrogens (tertiary/aromatic N) is 2. The number of carbonyl (C=O) groups excluding carboxylic acids is 2. The summed E-state index contributed by atoms with van der Waals surface area (Å²) in [7, 11) is -3.95. The van der Waals surface area contributed by atoms with Crippen LogP contribution in [0.2, 0.25) is 5.02 Å². The predicted octanol–water partition coefficient (Wildman–Crippen LogP) is 3.30. The van der Waals surface area contributed by atoms with Crippen LogP contribution in [0.15, 0.2) is 63.8 Å². The zero-order chi connectivity index (χ0) is 23.3. The van der Waals surface area contributed by atoms with Crippen LogP contribution in [0.4, 0.5) is 10.8 Å². The Hall–Kier alpha value is -3.35. The van der Waals surface area contributed by atoms with Crippen LogP contribution < -0.4 is 10.6 Å². The Bertz CT molecular complexity index is 1270. The zero-order valence-electron chi connectivity index (χ0n) is 16.1. The summed E-state index contributed by atoms with van der Waals surface area (Å²) < 4.78 is 25.2. The highest BCUT2D eigenvalue weighted by atomic mass is 35.5. The number of halogens is 1. The molecule has 0 saturated carbocycles. The summed E-state index contributed by atoms with van der Waals surface area (Å²) in [5.41, 5.74) is 0.0541. The largest absolute Gasteiger partial charge is 0.351 e. The number of non-ortho nitro benzene ring substituents is 1. The van der Waals surface area contributed by atoms with Crippen LogP contribution in [0.5, 0.6) is 0 Å². The molecule has 0 radical (unpaired) electrons. The van der Waals surface area contributed by atoms with E-state index < -0.39 is 26.6 Å². The topological polar surface area (TPSA) is 148 Å². The second kappa shape index (κ2) is 9.85. The normalized spacial score (nSPS) is 11.0. The Balaban J connectivity index is 1.57. The molecule has 1 heterocycles. The van der Waals surface area contributed by atoms with E-state index in [1.165, 1.54) is 0 Å². The van der Waals surface area contributed by atoms with Gasteiger partial charge in [-0.05, 0) is 24.3 Å². The number of nitro groups is 1. The second-order valence-electron chi connectivity index (χ2n) is 6.27. The van der Waals surface area contributed by atoms with E-state index in [4.69, 9.17) is 11.6 Å². The minimum absolute atomic E-state index is 0.0369. The van der Waals surface area contributed by atoms with Gasteiger partial charge in [-0.1, -0.05) is 35.1 Å². The van der Waals surface area contributed by atoms with E-state index in [1.54, 1.807) is 24.3 Å². The van der Waals surface area contributed by atoms with Gasteiger partial charge in [0.05, 0.1) is 26.6 Å². The predicted molar refractivity (Wildman–Crippen MR) is 118 cm³/mol. The first-order valence-electron chi connectivity index (χ1n) is 8.96. The first-order chi connectivity index (χ1) is 15.2. The standard InChI is InChI=1S/C19H15ClN4O6S2/c20-15-4-2-1-3-14(15)18(26)21-10-9-16(25)23-19-22-11-17(31-19)32(29,30)13-7-5-12(6-8-13)24(27)28/h1-8,11H,9-10H2,(H,21,26)(H,22,23,25). The van der Waals surface area contributed by atoms with Crippen molar-refractivity contribution in [2.45, 2.75) is 15.5 Å². The Kier molecular flexibility index (Phi) is 7.18. The SMILES string of the molecule is O=C(CCNC(=O)c1ccccc1Cl)Nc1ncc(S(=O)(=O)c2ccc([N+](=O)[O-])cc2)s1. The van der Waals surface area contributed by atoms with Crippen molar-refractivity contribution >= 4 is 55.4 Å². The summed E-state index contributed by atoms with van der Waals surface area (Å²) in [6.07, 6.45) is 1.02. The van der Waals surface area contributed by atoms with Gasteiger partial charge in [0.2, 0.25) is 15.7 Å². The number of thiazole rings is 1. The van der Waals surface area contributed by atoms with Gasteiger partial charge in [-0.15, -0.1) is 0 Å². The third kappa shape index (κ3) is 5.46. The fourth-order valence-corrected chi connectivity index (χ4v) is 5.19. The first kappa shape index (κ1) is 23.3. The lowest BCUT2D eigenvalue weighted by Gasteiger charge is -2.06. The monoisotopic (exact) mass is 494 g/mol. The molecule has 0 spiro atoms. The van der Waals surface area contributed by atoms with Crippen molar-refractivity contribution in [3.8, 4) is 0 Å². The number of aromatic nitrogens is 1. The maximum absolute atomic E-state index is 12.7. The summed E-state index contributed by atoms with van der Waals surface area (Å²) in [5.74, 6) is -0.896. The van der Waals surface area contributed by atoms with Crippen molar-refractivity contribution in [2.24, 2.45) is 0 Å². The molecule has 10 nitrogen and oxygen atoms in total. The average Bonchev–Trinajstić information content (AvgIpc) is 3.23. The minimum atomic E-state index is -3.95. The van der Waals surface area contributed by atoms with Crippen LogP contribution in [-0.4, -0.2) is 36.7 Å². The molecular formula is C19H15ClN4O6S2. The molecule has 32 heavy (non-hydrogen) atoms. The molecule has 2 N–H and O–H groups in total. The number of hydrogen-bond donors (Lipinski definition) is 2. The molecule has 2 amide bonds. The third-order valence-electron chi connectivity index (χ3n) is 4.11. The molecule has 0 atom stereocenters. The van der Waals surface area contributed by atoms with Gasteiger partial charge < -0.3 is 10.6 Å². The van der Waals surface area contributed by atoms with E-state index in [-0.39, 0.29) is 38.5 Å². The smallest absolute Gasteiger partial charge is 0.269 e. The quantitative estimate of drug-likeness (QED) is 0.360. The van der Waals surface area contributed by atoms with Crippen molar-refractivity contribution in [2.75, 3.05) is 11.9 Å². The van der Waals surface area contributed by atoms with E-state index in [1.807, 2.05) is 0 Å². The van der Waals surface area contributed by atoms with Crippen molar-refractivity contribution in [3.63, 3.8) is 0 Å². The molecule has 0 saturated heterocycles. The molecule has 3 rings (SSSR count). The van der Waals surface area contributed by atoms with E-state index in [0.717, 1.165) is 41.8 Å². The van der Waals surface area contributed by atoms with Gasteiger partial charge in [0.25, 0.3) is 11.6 Å². The lowest BCUT2D eigenvalue weighted by atomic mass is 10.2. The second-order valence-corrected chi connectivity index (χ2v) is 9.89. The maximum atomic E-state index is 12.7. The first-order valence-corrected chi connectivity index (χ1v) is 11.6. The van der Waals surface area contributed by atoms with E-state index in [9.17, 15) is 28.1 Å². The highest BCUT2D eigenvalue weighted by Gasteiger charge is 2.22. The van der Waals surface area contributed by atoms with Gasteiger partial charge in [0, 0.05) is 25.1 Å². The number of nitrogens with one attached hydrogen (secondary N) is 2. The third-order valence-corrected chi connectivity index (χ3v) is 7.58. The highest BCUT2D eigenvalue weighted by Crippen LogP contribution is 2.29.